The maximum absolute atomic E-state index is 2.53. The molecule has 0 saturated carbocycles. The van der Waals surface area contributed by atoms with Crippen molar-refractivity contribution in [2.45, 2.75) is 19.3 Å². The molecule has 15 rings (SSSR count). The first-order chi connectivity index (χ1) is 41.5. The van der Waals surface area contributed by atoms with Crippen molar-refractivity contribution in [3.8, 4) is 55.6 Å². The lowest BCUT2D eigenvalue weighted by molar-refractivity contribution is 0.794. The van der Waals surface area contributed by atoms with E-state index in [4.69, 9.17) is 0 Å². The molecule has 0 amide bonds. The number of fused-ring (bicyclic) bond motifs is 10. The van der Waals surface area contributed by atoms with E-state index in [1.165, 1.54) is 77.9 Å². The van der Waals surface area contributed by atoms with Gasteiger partial charge in [0.2, 0.25) is 0 Å². The van der Waals surface area contributed by atoms with Gasteiger partial charge in [-0.1, -0.05) is 230 Å². The van der Waals surface area contributed by atoms with E-state index in [1.54, 1.807) is 0 Å². The number of nitrogens with zero attached hydrogens (tertiary/aromatic N) is 3. The summed E-state index contributed by atoms with van der Waals surface area (Å²) in [6.45, 7) is 4.32. The summed E-state index contributed by atoms with van der Waals surface area (Å²) in [6, 6.07) is 119. The van der Waals surface area contributed by atoms with Crippen molar-refractivity contribution in [1.29, 1.82) is 0 Å². The highest BCUT2D eigenvalue weighted by atomic mass is 15.2. The van der Waals surface area contributed by atoms with Crippen LogP contribution in [0.1, 0.15) is 33.4 Å². The summed E-state index contributed by atoms with van der Waals surface area (Å²) in [5.74, 6) is 0. The number of anilines is 9. The molecule has 0 radical (unpaired) electrons. The molecule has 0 aromatic heterocycles. The van der Waals surface area contributed by atoms with Crippen molar-refractivity contribution in [1.82, 2.24) is 0 Å². The summed E-state index contributed by atoms with van der Waals surface area (Å²) in [5, 5.41) is 0. The zero-order valence-corrected chi connectivity index (χ0v) is 46.9. The summed E-state index contributed by atoms with van der Waals surface area (Å²) >= 11 is 0. The molecule has 0 aliphatic heterocycles. The minimum atomic E-state index is -0.621. The van der Waals surface area contributed by atoms with Crippen LogP contribution in [0.2, 0.25) is 0 Å². The zero-order chi connectivity index (χ0) is 56.1. The fourth-order valence-corrected chi connectivity index (χ4v) is 13.3. The molecule has 13 aromatic rings. The number of benzene rings is 13. The lowest BCUT2D eigenvalue weighted by Crippen LogP contribution is -2.26. The molecule has 1 atom stereocenters. The Morgan fingerprint density at radius 2 is 0.583 bits per heavy atom. The average molecular weight is 1070 g/mol. The Hall–Kier alpha value is -10.7. The third-order valence-electron chi connectivity index (χ3n) is 17.2. The van der Waals surface area contributed by atoms with Gasteiger partial charge in [-0.2, -0.15) is 0 Å². The van der Waals surface area contributed by atoms with Crippen LogP contribution in [0.3, 0.4) is 0 Å². The van der Waals surface area contributed by atoms with Crippen molar-refractivity contribution in [3.63, 3.8) is 0 Å². The molecule has 2 aliphatic rings. The van der Waals surface area contributed by atoms with E-state index in [1.807, 2.05) is 0 Å². The fraction of sp³-hybridized carbons (Fsp3) is 0.0370. The van der Waals surface area contributed by atoms with E-state index < -0.39 is 5.41 Å². The standard InChI is InChI=1S/C81H59N3/c1-56-34-43-68(44-35-56)84(69-45-36-57(2)37-46-69)79-33-19-32-77-80(79)74-29-16-18-31-76(74)81(77)75-30-17-15-28-72(75)73-51-42-62(54-78(73)81)63-52-70(82(64-24-11-5-12-25-64)66-47-38-60(39-48-66)58-20-7-3-8-21-58)55-71(53-63)83(65-26-13-6-14-27-65)67-49-40-61(41-50-67)59-22-9-4-10-23-59/h3-55H,1-2H3. The first-order valence-corrected chi connectivity index (χ1v) is 29.1. The van der Waals surface area contributed by atoms with E-state index >= 15 is 0 Å². The Kier molecular flexibility index (Phi) is 12.5. The first kappa shape index (κ1) is 50.2. The minimum absolute atomic E-state index is 0.621. The third-order valence-corrected chi connectivity index (χ3v) is 17.2. The van der Waals surface area contributed by atoms with Crippen LogP contribution in [0.4, 0.5) is 51.2 Å². The second-order valence-electron chi connectivity index (χ2n) is 22.2. The summed E-state index contributed by atoms with van der Waals surface area (Å²) in [4.78, 5) is 7.28. The Balaban J connectivity index is 0.964. The smallest absolute Gasteiger partial charge is 0.0726 e. The van der Waals surface area contributed by atoms with E-state index in [2.05, 4.69) is 350 Å². The Bertz CT molecular complexity index is 4330. The molecule has 0 saturated heterocycles. The molecule has 84 heavy (non-hydrogen) atoms. The summed E-state index contributed by atoms with van der Waals surface area (Å²) in [6.07, 6.45) is 0. The second-order valence-corrected chi connectivity index (χ2v) is 22.2. The van der Waals surface area contributed by atoms with Gasteiger partial charge in [-0.15, -0.1) is 0 Å². The van der Waals surface area contributed by atoms with Crippen molar-refractivity contribution in [2.24, 2.45) is 0 Å². The molecule has 1 unspecified atom stereocenters. The maximum Gasteiger partial charge on any atom is 0.0726 e. The quantitative estimate of drug-likeness (QED) is 0.121. The molecule has 3 heteroatoms. The van der Waals surface area contributed by atoms with Crippen LogP contribution in [0, 0.1) is 13.8 Å². The van der Waals surface area contributed by atoms with Gasteiger partial charge in [-0.05, 0) is 189 Å². The highest BCUT2D eigenvalue weighted by molar-refractivity contribution is 6.02. The highest BCUT2D eigenvalue weighted by Crippen LogP contribution is 2.65. The van der Waals surface area contributed by atoms with Crippen LogP contribution in [-0.4, -0.2) is 0 Å². The van der Waals surface area contributed by atoms with Gasteiger partial charge in [0.25, 0.3) is 0 Å². The molecular weight excluding hydrogens is 1010 g/mol. The van der Waals surface area contributed by atoms with Gasteiger partial charge < -0.3 is 14.7 Å². The van der Waals surface area contributed by atoms with Gasteiger partial charge in [0.1, 0.15) is 0 Å². The minimum Gasteiger partial charge on any atom is -0.310 e. The van der Waals surface area contributed by atoms with Crippen molar-refractivity contribution in [2.75, 3.05) is 14.7 Å². The van der Waals surface area contributed by atoms with Gasteiger partial charge in [-0.25, -0.2) is 0 Å². The topological polar surface area (TPSA) is 9.72 Å². The molecular formula is C81H59N3. The van der Waals surface area contributed by atoms with E-state index in [0.717, 1.165) is 62.3 Å². The Morgan fingerprint density at radius 3 is 1.10 bits per heavy atom. The fourth-order valence-electron chi connectivity index (χ4n) is 13.3. The van der Waals surface area contributed by atoms with Gasteiger partial charge in [0.15, 0.2) is 0 Å². The van der Waals surface area contributed by atoms with Crippen molar-refractivity contribution < 1.29 is 0 Å². The van der Waals surface area contributed by atoms with Gasteiger partial charge in [0.05, 0.1) is 11.1 Å². The molecule has 0 heterocycles. The predicted molar refractivity (Wildman–Crippen MR) is 353 cm³/mol. The molecule has 13 aromatic carbocycles. The number of para-hydroxylation sites is 2. The van der Waals surface area contributed by atoms with E-state index in [-0.39, 0.29) is 0 Å². The van der Waals surface area contributed by atoms with Gasteiger partial charge in [0, 0.05) is 51.1 Å². The summed E-state index contributed by atoms with van der Waals surface area (Å²) in [7, 11) is 0. The van der Waals surface area contributed by atoms with Crippen LogP contribution in [0.15, 0.2) is 322 Å². The highest BCUT2D eigenvalue weighted by Gasteiger charge is 2.52. The Morgan fingerprint density at radius 1 is 0.214 bits per heavy atom. The van der Waals surface area contributed by atoms with Crippen LogP contribution >= 0.6 is 0 Å². The molecule has 0 bridgehead atoms. The molecule has 2 aliphatic carbocycles. The molecule has 398 valence electrons. The van der Waals surface area contributed by atoms with Crippen LogP contribution in [0.5, 0.6) is 0 Å². The Labute approximate surface area is 492 Å². The normalized spacial score (nSPS) is 13.4. The number of hydrogen-bond acceptors (Lipinski definition) is 3. The number of rotatable bonds is 12. The van der Waals surface area contributed by atoms with Gasteiger partial charge in [-0.3, -0.25) is 0 Å². The van der Waals surface area contributed by atoms with E-state index in [0.29, 0.717) is 0 Å². The first-order valence-electron chi connectivity index (χ1n) is 29.1. The van der Waals surface area contributed by atoms with Crippen LogP contribution in [0.25, 0.3) is 55.6 Å². The van der Waals surface area contributed by atoms with Crippen LogP contribution < -0.4 is 14.7 Å². The average Bonchev–Trinajstić information content (AvgIpc) is 1.53. The number of hydrogen-bond donors (Lipinski definition) is 0. The molecule has 0 fully saturated rings. The molecule has 3 nitrogen and oxygen atoms in total. The predicted octanol–water partition coefficient (Wildman–Crippen LogP) is 22.1. The molecule has 1 spiro atoms. The monoisotopic (exact) mass is 1070 g/mol. The van der Waals surface area contributed by atoms with Gasteiger partial charge >= 0.3 is 0 Å². The van der Waals surface area contributed by atoms with E-state index in [9.17, 15) is 0 Å². The zero-order valence-electron chi connectivity index (χ0n) is 46.9. The lowest BCUT2D eigenvalue weighted by atomic mass is 9.70. The maximum atomic E-state index is 2.53. The second kappa shape index (κ2) is 21.0. The lowest BCUT2D eigenvalue weighted by Gasteiger charge is -2.32. The van der Waals surface area contributed by atoms with Crippen LogP contribution in [-0.2, 0) is 5.41 Å². The SMILES string of the molecule is Cc1ccc(N(c2ccc(C)cc2)c2cccc3c2-c2ccccc2C32c3ccccc3-c3ccc(-c4cc(N(c5ccccc5)c5ccc(-c6ccccc6)cc5)cc(N(c5ccccc5)c5ccc(-c6ccccc6)cc5)c4)cc32)cc1. The summed E-state index contributed by atoms with van der Waals surface area (Å²) < 4.78 is 0. The largest absolute Gasteiger partial charge is 0.310 e. The van der Waals surface area contributed by atoms with Crippen molar-refractivity contribution >= 4 is 51.2 Å². The number of aryl methyl sites for hydroxylation is 2. The third kappa shape index (κ3) is 8.60. The summed E-state index contributed by atoms with van der Waals surface area (Å²) in [5.41, 5.74) is 28.7. The molecule has 0 N–H and O–H groups in total. The van der Waals surface area contributed by atoms with Crippen molar-refractivity contribution in [3.05, 3.63) is 355 Å².